The first-order valence-corrected chi connectivity index (χ1v) is 8.95. The van der Waals surface area contributed by atoms with Gasteiger partial charge in [0.1, 0.15) is 0 Å². The predicted octanol–water partition coefficient (Wildman–Crippen LogP) is 4.52. The van der Waals surface area contributed by atoms with Crippen molar-refractivity contribution < 1.29 is 14.7 Å². The summed E-state index contributed by atoms with van der Waals surface area (Å²) in [6.45, 7) is 4.38. The van der Waals surface area contributed by atoms with Crippen LogP contribution in [0.15, 0.2) is 29.6 Å². The number of thiazole rings is 1. The molecule has 1 unspecified atom stereocenters. The minimum atomic E-state index is -0.889. The fourth-order valence-electron chi connectivity index (χ4n) is 2.26. The van der Waals surface area contributed by atoms with Gasteiger partial charge in [0, 0.05) is 23.8 Å². The van der Waals surface area contributed by atoms with Crippen LogP contribution in [0.4, 0.5) is 5.13 Å². The number of aromatic nitrogens is 1. The van der Waals surface area contributed by atoms with Gasteiger partial charge < -0.3 is 10.4 Å². The number of carbonyl (C=O) groups excluding carboxylic acids is 1. The van der Waals surface area contributed by atoms with Gasteiger partial charge in [0.05, 0.1) is 5.69 Å². The van der Waals surface area contributed by atoms with Gasteiger partial charge in [-0.15, -0.1) is 11.3 Å². The van der Waals surface area contributed by atoms with E-state index in [4.69, 9.17) is 5.11 Å². The van der Waals surface area contributed by atoms with Crippen LogP contribution in [0, 0.1) is 0 Å². The van der Waals surface area contributed by atoms with Crippen molar-refractivity contribution in [3.8, 4) is 11.3 Å². The van der Waals surface area contributed by atoms with Gasteiger partial charge in [0.25, 0.3) is 0 Å². The van der Waals surface area contributed by atoms with E-state index in [-0.39, 0.29) is 18.7 Å². The second kappa shape index (κ2) is 8.59. The molecule has 0 saturated carbocycles. The average molecular weight is 346 g/mol. The Labute approximate surface area is 145 Å². The van der Waals surface area contributed by atoms with Crippen LogP contribution in [-0.2, 0) is 9.59 Å². The molecule has 1 atom stereocenters. The van der Waals surface area contributed by atoms with Crippen molar-refractivity contribution in [2.45, 2.75) is 45.4 Å². The second-order valence-electron chi connectivity index (χ2n) is 5.76. The Bertz CT molecular complexity index is 695. The molecule has 0 aliphatic rings. The molecule has 128 valence electrons. The van der Waals surface area contributed by atoms with Crippen molar-refractivity contribution in [2.24, 2.45) is 0 Å². The highest BCUT2D eigenvalue weighted by Crippen LogP contribution is 2.27. The molecule has 0 bridgehead atoms. The Hall–Kier alpha value is -2.21. The highest BCUT2D eigenvalue weighted by Gasteiger charge is 2.10. The molecule has 0 aliphatic carbocycles. The minimum Gasteiger partial charge on any atom is -0.481 e. The fraction of sp³-hybridized carbons (Fsp3) is 0.389. The van der Waals surface area contributed by atoms with Crippen molar-refractivity contribution in [1.29, 1.82) is 0 Å². The van der Waals surface area contributed by atoms with Crippen molar-refractivity contribution in [2.75, 3.05) is 5.32 Å². The number of hydrogen-bond donors (Lipinski definition) is 2. The van der Waals surface area contributed by atoms with E-state index >= 15 is 0 Å². The molecule has 0 aliphatic heterocycles. The lowest BCUT2D eigenvalue weighted by molar-refractivity contribution is -0.137. The molecule has 24 heavy (non-hydrogen) atoms. The summed E-state index contributed by atoms with van der Waals surface area (Å²) in [4.78, 5) is 26.6. The van der Waals surface area contributed by atoms with E-state index in [0.717, 1.165) is 17.7 Å². The van der Waals surface area contributed by atoms with Crippen LogP contribution in [0.5, 0.6) is 0 Å². The van der Waals surface area contributed by atoms with E-state index in [0.29, 0.717) is 17.5 Å². The standard InChI is InChI=1S/C18H22N2O3S/c1-3-12(2)13-7-9-14(10-8-13)15-11-24-18(19-15)20-16(21)5-4-6-17(22)23/h7-12H,3-6H2,1-2H3,(H,22,23)(H,19,20,21). The Morgan fingerprint density at radius 2 is 1.96 bits per heavy atom. The molecule has 1 heterocycles. The summed E-state index contributed by atoms with van der Waals surface area (Å²) in [6, 6.07) is 8.34. The lowest BCUT2D eigenvalue weighted by Crippen LogP contribution is -2.11. The van der Waals surface area contributed by atoms with E-state index in [2.05, 4.69) is 48.4 Å². The Kier molecular flexibility index (Phi) is 6.49. The number of carbonyl (C=O) groups is 2. The number of benzene rings is 1. The number of aliphatic carboxylic acids is 1. The summed E-state index contributed by atoms with van der Waals surface area (Å²) in [5.41, 5.74) is 3.16. The third-order valence-corrected chi connectivity index (χ3v) is 4.69. The Morgan fingerprint density at radius 1 is 1.25 bits per heavy atom. The predicted molar refractivity (Wildman–Crippen MR) is 96.4 cm³/mol. The molecule has 1 aromatic heterocycles. The molecule has 0 spiro atoms. The molecular formula is C18H22N2O3S. The highest BCUT2D eigenvalue weighted by molar-refractivity contribution is 7.14. The first kappa shape index (κ1) is 18.1. The molecule has 0 fully saturated rings. The van der Waals surface area contributed by atoms with Crippen LogP contribution in [0.3, 0.4) is 0 Å². The second-order valence-corrected chi connectivity index (χ2v) is 6.62. The highest BCUT2D eigenvalue weighted by atomic mass is 32.1. The monoisotopic (exact) mass is 346 g/mol. The van der Waals surface area contributed by atoms with Crippen LogP contribution < -0.4 is 5.32 Å². The summed E-state index contributed by atoms with van der Waals surface area (Å²) < 4.78 is 0. The van der Waals surface area contributed by atoms with Crippen LogP contribution in [0.25, 0.3) is 11.3 Å². The molecular weight excluding hydrogens is 324 g/mol. The summed E-state index contributed by atoms with van der Waals surface area (Å²) >= 11 is 1.37. The summed E-state index contributed by atoms with van der Waals surface area (Å²) in [6.07, 6.45) is 1.62. The number of nitrogens with zero attached hydrogens (tertiary/aromatic N) is 1. The van der Waals surface area contributed by atoms with E-state index in [1.165, 1.54) is 16.9 Å². The maximum atomic E-state index is 11.8. The first-order chi connectivity index (χ1) is 11.5. The molecule has 2 aromatic rings. The van der Waals surface area contributed by atoms with E-state index in [9.17, 15) is 9.59 Å². The lowest BCUT2D eigenvalue weighted by Gasteiger charge is -2.08. The summed E-state index contributed by atoms with van der Waals surface area (Å²) in [7, 11) is 0. The Morgan fingerprint density at radius 3 is 2.58 bits per heavy atom. The minimum absolute atomic E-state index is 0.000922. The molecule has 6 heteroatoms. The number of amides is 1. The maximum absolute atomic E-state index is 11.8. The number of anilines is 1. The van der Waals surface area contributed by atoms with E-state index in [1.54, 1.807) is 0 Å². The number of carboxylic acid groups (broad SMARTS) is 1. The van der Waals surface area contributed by atoms with Crippen LogP contribution in [0.2, 0.25) is 0 Å². The summed E-state index contributed by atoms with van der Waals surface area (Å²) in [5.74, 6) is -0.556. The fourth-order valence-corrected chi connectivity index (χ4v) is 3.00. The maximum Gasteiger partial charge on any atom is 0.303 e. The third-order valence-electron chi connectivity index (χ3n) is 3.93. The quantitative estimate of drug-likeness (QED) is 0.736. The van der Waals surface area contributed by atoms with Gasteiger partial charge in [-0.1, -0.05) is 38.1 Å². The third kappa shape index (κ3) is 5.16. The Balaban J connectivity index is 1.95. The molecule has 2 N–H and O–H groups in total. The van der Waals surface area contributed by atoms with Gasteiger partial charge in [-0.25, -0.2) is 4.98 Å². The van der Waals surface area contributed by atoms with Crippen molar-refractivity contribution >= 4 is 28.3 Å². The zero-order valence-electron chi connectivity index (χ0n) is 13.9. The van der Waals surface area contributed by atoms with Gasteiger partial charge in [0.15, 0.2) is 5.13 Å². The summed E-state index contributed by atoms with van der Waals surface area (Å²) in [5, 5.41) is 13.7. The van der Waals surface area contributed by atoms with Crippen LogP contribution in [-0.4, -0.2) is 22.0 Å². The molecule has 5 nitrogen and oxygen atoms in total. The van der Waals surface area contributed by atoms with Gasteiger partial charge in [-0.05, 0) is 24.3 Å². The van der Waals surface area contributed by atoms with Crippen molar-refractivity contribution in [3.63, 3.8) is 0 Å². The molecule has 0 radical (unpaired) electrons. The SMILES string of the molecule is CCC(C)c1ccc(-c2csc(NC(=O)CCCC(=O)O)n2)cc1. The van der Waals surface area contributed by atoms with E-state index in [1.807, 2.05) is 5.38 Å². The molecule has 0 saturated heterocycles. The van der Waals surface area contributed by atoms with Gasteiger partial charge in [0.2, 0.25) is 5.91 Å². The topological polar surface area (TPSA) is 79.3 Å². The zero-order valence-corrected chi connectivity index (χ0v) is 14.7. The normalized spacial score (nSPS) is 11.9. The average Bonchev–Trinajstić information content (AvgIpc) is 3.02. The van der Waals surface area contributed by atoms with Crippen LogP contribution in [0.1, 0.15) is 51.0 Å². The number of nitrogens with one attached hydrogen (secondary N) is 1. The molecule has 1 amide bonds. The van der Waals surface area contributed by atoms with Crippen LogP contribution >= 0.6 is 11.3 Å². The van der Waals surface area contributed by atoms with Crippen molar-refractivity contribution in [3.05, 3.63) is 35.2 Å². The van der Waals surface area contributed by atoms with Gasteiger partial charge in [-0.2, -0.15) is 0 Å². The first-order valence-electron chi connectivity index (χ1n) is 8.07. The van der Waals surface area contributed by atoms with Gasteiger partial charge in [-0.3, -0.25) is 9.59 Å². The molecule has 2 rings (SSSR count). The van der Waals surface area contributed by atoms with Crippen molar-refractivity contribution in [1.82, 2.24) is 4.98 Å². The smallest absolute Gasteiger partial charge is 0.303 e. The lowest BCUT2D eigenvalue weighted by atomic mass is 9.97. The van der Waals surface area contributed by atoms with Gasteiger partial charge >= 0.3 is 5.97 Å². The van der Waals surface area contributed by atoms with E-state index < -0.39 is 5.97 Å². The largest absolute Gasteiger partial charge is 0.481 e. The number of carboxylic acids is 1. The zero-order chi connectivity index (χ0) is 17.5. The number of rotatable bonds is 8. The molecule has 1 aromatic carbocycles. The number of hydrogen-bond acceptors (Lipinski definition) is 4.